The predicted octanol–water partition coefficient (Wildman–Crippen LogP) is 3.01. The third-order valence-corrected chi connectivity index (χ3v) is 4.58. The summed E-state index contributed by atoms with van der Waals surface area (Å²) < 4.78 is 5.13. The van der Waals surface area contributed by atoms with Crippen LogP contribution in [0.25, 0.3) is 0 Å². The lowest BCUT2D eigenvalue weighted by Gasteiger charge is -2.06. The predicted molar refractivity (Wildman–Crippen MR) is 92.8 cm³/mol. The fourth-order valence-corrected chi connectivity index (χ4v) is 3.18. The third kappa shape index (κ3) is 4.10. The fourth-order valence-electron chi connectivity index (χ4n) is 2.21. The molecular weight excluding hydrogens is 310 g/mol. The van der Waals surface area contributed by atoms with Gasteiger partial charge in [-0.25, -0.2) is 0 Å². The first-order chi connectivity index (χ1) is 11.2. The largest absolute Gasteiger partial charge is 0.463 e. The van der Waals surface area contributed by atoms with Gasteiger partial charge in [-0.1, -0.05) is 43.0 Å². The fraction of sp³-hybridized carbons (Fsp3) is 0.235. The molecule has 6 heteroatoms. The van der Waals surface area contributed by atoms with E-state index in [0.29, 0.717) is 17.3 Å². The molecule has 1 N–H and O–H groups in total. The topological polar surface area (TPSA) is 67.0 Å². The maximum Gasteiger partial charge on any atom is 0.239 e. The number of furan rings is 1. The van der Waals surface area contributed by atoms with E-state index in [9.17, 15) is 4.79 Å². The normalized spacial score (nSPS) is 19.6. The number of nitrogens with one attached hydrogen (secondary N) is 1. The zero-order valence-electron chi connectivity index (χ0n) is 12.7. The molecule has 2 heterocycles. The second kappa shape index (κ2) is 7.28. The Morgan fingerprint density at radius 1 is 1.26 bits per heavy atom. The molecule has 3 rings (SSSR count). The standard InChI is InChI=1S/C17H17N3O2S/c1-2-12-5-7-13(8-6-12)10-15-16(21)19-17(23-15)20-18-11-14-4-3-9-22-14/h3-9,11,15H,2,10H2,1H3,(H,19,20,21)/b18-11+. The van der Waals surface area contributed by atoms with Crippen LogP contribution < -0.4 is 5.32 Å². The molecule has 1 saturated heterocycles. The van der Waals surface area contributed by atoms with Crippen molar-refractivity contribution in [3.05, 3.63) is 59.5 Å². The van der Waals surface area contributed by atoms with Crippen LogP contribution >= 0.6 is 11.8 Å². The Balaban J connectivity index is 1.60. The van der Waals surface area contributed by atoms with Crippen LogP contribution in [-0.4, -0.2) is 22.5 Å². The number of amidine groups is 1. The highest BCUT2D eigenvalue weighted by atomic mass is 32.2. The van der Waals surface area contributed by atoms with Crippen LogP contribution in [0.1, 0.15) is 23.8 Å². The zero-order valence-corrected chi connectivity index (χ0v) is 13.5. The van der Waals surface area contributed by atoms with Crippen LogP contribution in [0.5, 0.6) is 0 Å². The van der Waals surface area contributed by atoms with Crippen LogP contribution in [0.4, 0.5) is 0 Å². The minimum absolute atomic E-state index is 0.0264. The van der Waals surface area contributed by atoms with E-state index in [4.69, 9.17) is 4.42 Å². The molecule has 1 aromatic heterocycles. The van der Waals surface area contributed by atoms with Gasteiger partial charge in [-0.3, -0.25) is 4.79 Å². The molecule has 1 aliphatic rings. The van der Waals surface area contributed by atoms with E-state index >= 15 is 0 Å². The average Bonchev–Trinajstić information content (AvgIpc) is 3.19. The van der Waals surface area contributed by atoms with Gasteiger partial charge in [-0.2, -0.15) is 5.10 Å². The maximum absolute atomic E-state index is 12.0. The molecular formula is C17H17N3O2S. The van der Waals surface area contributed by atoms with Crippen LogP contribution in [-0.2, 0) is 17.6 Å². The van der Waals surface area contributed by atoms with E-state index in [-0.39, 0.29) is 11.2 Å². The van der Waals surface area contributed by atoms with Gasteiger partial charge in [-0.15, -0.1) is 5.10 Å². The van der Waals surface area contributed by atoms with Crippen molar-refractivity contribution in [3.8, 4) is 0 Å². The van der Waals surface area contributed by atoms with Gasteiger partial charge in [0.05, 0.1) is 17.7 Å². The highest BCUT2D eigenvalue weighted by Crippen LogP contribution is 2.23. The molecule has 1 aromatic carbocycles. The Labute approximate surface area is 138 Å². The monoisotopic (exact) mass is 327 g/mol. The highest BCUT2D eigenvalue weighted by Gasteiger charge is 2.30. The number of carbonyl (C=O) groups is 1. The third-order valence-electron chi connectivity index (χ3n) is 3.51. The number of aryl methyl sites for hydroxylation is 1. The van der Waals surface area contributed by atoms with Crippen molar-refractivity contribution < 1.29 is 9.21 Å². The summed E-state index contributed by atoms with van der Waals surface area (Å²) in [7, 11) is 0. The summed E-state index contributed by atoms with van der Waals surface area (Å²) in [6.45, 7) is 2.13. The minimum Gasteiger partial charge on any atom is -0.463 e. The quantitative estimate of drug-likeness (QED) is 0.678. The highest BCUT2D eigenvalue weighted by molar-refractivity contribution is 8.15. The van der Waals surface area contributed by atoms with E-state index in [0.717, 1.165) is 12.0 Å². The van der Waals surface area contributed by atoms with E-state index in [1.54, 1.807) is 18.4 Å². The van der Waals surface area contributed by atoms with E-state index < -0.39 is 0 Å². The van der Waals surface area contributed by atoms with E-state index in [2.05, 4.69) is 46.7 Å². The summed E-state index contributed by atoms with van der Waals surface area (Å²) in [4.78, 5) is 12.0. The SMILES string of the molecule is CCc1ccc(CC2S/C(=N/N=C/c3ccco3)NC2=O)cc1. The first-order valence-electron chi connectivity index (χ1n) is 7.44. The van der Waals surface area contributed by atoms with Gasteiger partial charge in [0.2, 0.25) is 5.91 Å². The lowest BCUT2D eigenvalue weighted by Crippen LogP contribution is -2.25. The van der Waals surface area contributed by atoms with Gasteiger partial charge in [0.1, 0.15) is 5.76 Å². The number of nitrogens with zero attached hydrogens (tertiary/aromatic N) is 2. The lowest BCUT2D eigenvalue weighted by molar-refractivity contribution is -0.118. The second-order valence-corrected chi connectivity index (χ2v) is 6.33. The molecule has 0 spiro atoms. The van der Waals surface area contributed by atoms with Gasteiger partial charge in [0.15, 0.2) is 5.17 Å². The molecule has 1 unspecified atom stereocenters. The number of amides is 1. The first kappa shape index (κ1) is 15.6. The second-order valence-electron chi connectivity index (χ2n) is 5.14. The first-order valence-corrected chi connectivity index (χ1v) is 8.32. The Bertz CT molecular complexity index is 721. The molecule has 5 nitrogen and oxygen atoms in total. The van der Waals surface area contributed by atoms with Gasteiger partial charge in [-0.05, 0) is 36.1 Å². The smallest absolute Gasteiger partial charge is 0.239 e. The summed E-state index contributed by atoms with van der Waals surface area (Å²) in [5, 5.41) is 11.1. The molecule has 2 aromatic rings. The molecule has 0 radical (unpaired) electrons. The summed E-state index contributed by atoms with van der Waals surface area (Å²) >= 11 is 1.41. The molecule has 118 valence electrons. The minimum atomic E-state index is -0.167. The molecule has 1 fully saturated rings. The number of benzene rings is 1. The summed E-state index contributed by atoms with van der Waals surface area (Å²) in [6, 6.07) is 11.9. The molecule has 1 aliphatic heterocycles. The molecule has 1 atom stereocenters. The summed E-state index contributed by atoms with van der Waals surface area (Å²) in [5.41, 5.74) is 2.45. The van der Waals surface area contributed by atoms with Crippen molar-refractivity contribution in [2.75, 3.05) is 0 Å². The number of carbonyl (C=O) groups excluding carboxylic acids is 1. The van der Waals surface area contributed by atoms with Crippen molar-refractivity contribution >= 4 is 29.1 Å². The number of hydrogen-bond donors (Lipinski definition) is 1. The van der Waals surface area contributed by atoms with Crippen LogP contribution in [0, 0.1) is 0 Å². The van der Waals surface area contributed by atoms with Crippen molar-refractivity contribution in [1.82, 2.24) is 5.32 Å². The lowest BCUT2D eigenvalue weighted by atomic mass is 10.1. The van der Waals surface area contributed by atoms with Gasteiger partial charge < -0.3 is 9.73 Å². The van der Waals surface area contributed by atoms with Gasteiger partial charge >= 0.3 is 0 Å². The number of thioether (sulfide) groups is 1. The Hall–Kier alpha value is -2.34. The molecule has 0 saturated carbocycles. The van der Waals surface area contributed by atoms with Crippen molar-refractivity contribution in [3.63, 3.8) is 0 Å². The zero-order chi connectivity index (χ0) is 16.1. The maximum atomic E-state index is 12.0. The number of rotatable bonds is 5. The van der Waals surface area contributed by atoms with Crippen molar-refractivity contribution in [2.24, 2.45) is 10.2 Å². The van der Waals surface area contributed by atoms with Crippen LogP contribution in [0.2, 0.25) is 0 Å². The Morgan fingerprint density at radius 3 is 2.74 bits per heavy atom. The Morgan fingerprint density at radius 2 is 2.04 bits per heavy atom. The molecule has 23 heavy (non-hydrogen) atoms. The molecule has 1 amide bonds. The van der Waals surface area contributed by atoms with E-state index in [1.807, 2.05) is 0 Å². The van der Waals surface area contributed by atoms with Crippen LogP contribution in [0.15, 0.2) is 57.3 Å². The van der Waals surface area contributed by atoms with Crippen molar-refractivity contribution in [1.29, 1.82) is 0 Å². The number of hydrogen-bond acceptors (Lipinski definition) is 5. The summed E-state index contributed by atoms with van der Waals surface area (Å²) in [6.07, 6.45) is 4.78. The molecule has 0 bridgehead atoms. The molecule has 0 aliphatic carbocycles. The van der Waals surface area contributed by atoms with Gasteiger partial charge in [0, 0.05) is 0 Å². The average molecular weight is 327 g/mol. The Kier molecular flexibility index (Phi) is 4.92. The van der Waals surface area contributed by atoms with Gasteiger partial charge in [0.25, 0.3) is 0 Å². The van der Waals surface area contributed by atoms with Crippen molar-refractivity contribution in [2.45, 2.75) is 25.0 Å². The van der Waals surface area contributed by atoms with E-state index in [1.165, 1.54) is 23.5 Å². The summed E-state index contributed by atoms with van der Waals surface area (Å²) in [5.74, 6) is 0.595. The van der Waals surface area contributed by atoms with Crippen LogP contribution in [0.3, 0.4) is 0 Å².